The van der Waals surface area contributed by atoms with Gasteiger partial charge in [-0.15, -0.1) is 0 Å². The Morgan fingerprint density at radius 1 is 1.07 bits per heavy atom. The fourth-order valence-corrected chi connectivity index (χ4v) is 3.55. The molecule has 0 amide bonds. The third kappa shape index (κ3) is 3.92. The first-order valence-corrected chi connectivity index (χ1v) is 9.79. The molecule has 0 atom stereocenters. The van der Waals surface area contributed by atoms with Gasteiger partial charge >= 0.3 is 11.6 Å². The number of pyridine rings is 1. The van der Waals surface area contributed by atoms with E-state index in [0.29, 0.717) is 17.8 Å². The number of anilines is 1. The summed E-state index contributed by atoms with van der Waals surface area (Å²) in [5, 5.41) is 12.7. The zero-order valence-electron chi connectivity index (χ0n) is 15.9. The van der Waals surface area contributed by atoms with Crippen LogP contribution in [0.1, 0.15) is 5.56 Å². The zero-order valence-corrected chi connectivity index (χ0v) is 17.5. The van der Waals surface area contributed by atoms with Crippen LogP contribution < -0.4 is 9.64 Å². The van der Waals surface area contributed by atoms with E-state index >= 15 is 0 Å². The van der Waals surface area contributed by atoms with Crippen LogP contribution in [0.25, 0.3) is 10.9 Å². The second kappa shape index (κ2) is 8.42. The third-order valence-corrected chi connectivity index (χ3v) is 5.15. The Labute approximate surface area is 180 Å². The molecule has 4 rings (SSSR count). The van der Waals surface area contributed by atoms with Crippen LogP contribution in [-0.4, -0.2) is 26.9 Å². The molecule has 150 valence electrons. The number of aromatic nitrogens is 3. The molecule has 0 spiro atoms. The van der Waals surface area contributed by atoms with Crippen molar-refractivity contribution in [3.05, 3.63) is 87.3 Å². The van der Waals surface area contributed by atoms with Crippen LogP contribution in [0.2, 0.25) is 0 Å². The predicted octanol–water partition coefficient (Wildman–Crippen LogP) is 5.12. The fraction of sp³-hybridized carbons (Fsp3) is 0.0952. The van der Waals surface area contributed by atoms with Crippen LogP contribution >= 0.6 is 15.9 Å². The summed E-state index contributed by atoms with van der Waals surface area (Å²) in [5.41, 5.74) is 1.26. The molecule has 8 nitrogen and oxygen atoms in total. The smallest absolute Gasteiger partial charge is 0.373 e. The van der Waals surface area contributed by atoms with E-state index in [1.807, 2.05) is 36.4 Å². The second-order valence-electron chi connectivity index (χ2n) is 6.50. The highest BCUT2D eigenvalue weighted by molar-refractivity contribution is 9.10. The van der Waals surface area contributed by atoms with Crippen LogP contribution in [0.5, 0.6) is 11.6 Å². The topological polar surface area (TPSA) is 94.3 Å². The number of benzene rings is 2. The van der Waals surface area contributed by atoms with E-state index in [0.717, 1.165) is 15.4 Å². The number of nitro groups is 1. The third-order valence-electron chi connectivity index (χ3n) is 4.46. The fourth-order valence-electron chi connectivity index (χ4n) is 3.10. The molecule has 0 saturated carbocycles. The molecule has 0 aliphatic rings. The maximum absolute atomic E-state index is 11.9. The molecule has 2 aromatic carbocycles. The molecule has 2 heterocycles. The highest BCUT2D eigenvalue weighted by Crippen LogP contribution is 2.38. The number of fused-ring (bicyclic) bond motifs is 1. The van der Waals surface area contributed by atoms with Crippen LogP contribution in [0.3, 0.4) is 0 Å². The van der Waals surface area contributed by atoms with Gasteiger partial charge in [0.2, 0.25) is 5.82 Å². The van der Waals surface area contributed by atoms with Crippen molar-refractivity contribution in [3.63, 3.8) is 0 Å². The number of rotatable bonds is 6. The largest absolute Gasteiger partial charge is 0.431 e. The second-order valence-corrected chi connectivity index (χ2v) is 7.35. The average molecular weight is 466 g/mol. The van der Waals surface area contributed by atoms with Gasteiger partial charge in [-0.1, -0.05) is 52.3 Å². The van der Waals surface area contributed by atoms with Crippen LogP contribution in [0, 0.1) is 10.1 Å². The molecule has 4 aromatic rings. The molecule has 0 aliphatic carbocycles. The summed E-state index contributed by atoms with van der Waals surface area (Å²) in [7, 11) is 1.74. The summed E-state index contributed by atoms with van der Waals surface area (Å²) in [6, 6.07) is 16.8. The molecule has 30 heavy (non-hydrogen) atoms. The van der Waals surface area contributed by atoms with Crippen molar-refractivity contribution in [1.29, 1.82) is 0 Å². The number of hydrogen-bond donors (Lipinski definition) is 0. The minimum atomic E-state index is -0.527. The summed E-state index contributed by atoms with van der Waals surface area (Å²) < 4.78 is 6.72. The summed E-state index contributed by atoms with van der Waals surface area (Å²) in [4.78, 5) is 25.6. The van der Waals surface area contributed by atoms with Gasteiger partial charge in [-0.25, -0.2) is 4.98 Å². The lowest BCUT2D eigenvalue weighted by Gasteiger charge is -2.18. The van der Waals surface area contributed by atoms with Gasteiger partial charge in [0.25, 0.3) is 0 Å². The number of nitrogens with zero attached hydrogens (tertiary/aromatic N) is 5. The molecule has 0 unspecified atom stereocenters. The minimum absolute atomic E-state index is 0.140. The van der Waals surface area contributed by atoms with E-state index in [2.05, 4.69) is 30.9 Å². The Kier molecular flexibility index (Phi) is 5.53. The molecule has 0 fully saturated rings. The molecule has 9 heteroatoms. The van der Waals surface area contributed by atoms with Crippen molar-refractivity contribution in [2.24, 2.45) is 0 Å². The van der Waals surface area contributed by atoms with Gasteiger partial charge in [0, 0.05) is 29.6 Å². The molecule has 0 aliphatic heterocycles. The molecule has 0 saturated heterocycles. The highest BCUT2D eigenvalue weighted by Gasteiger charge is 2.28. The first-order valence-electron chi connectivity index (χ1n) is 9.00. The minimum Gasteiger partial charge on any atom is -0.431 e. The lowest BCUT2D eigenvalue weighted by molar-refractivity contribution is -0.385. The standard InChI is InChI=1S/C21H16BrN5O3/c1-26(12-14-6-3-2-4-7-14)20-19(27(28)29)21(25-13-24-20)30-17-10-9-16(22)15-8-5-11-23-18(15)17/h2-11,13H,12H2,1H3. The Balaban J connectivity index is 1.74. The van der Waals surface area contributed by atoms with E-state index in [9.17, 15) is 10.1 Å². The van der Waals surface area contributed by atoms with Gasteiger partial charge in [-0.3, -0.25) is 15.1 Å². The first kappa shape index (κ1) is 19.7. The van der Waals surface area contributed by atoms with Gasteiger partial charge in [0.15, 0.2) is 5.75 Å². The quantitative estimate of drug-likeness (QED) is 0.287. The molecule has 0 N–H and O–H groups in total. The van der Waals surface area contributed by atoms with E-state index in [1.54, 1.807) is 36.3 Å². The Morgan fingerprint density at radius 2 is 1.87 bits per heavy atom. The number of ether oxygens (including phenoxy) is 1. The van der Waals surface area contributed by atoms with E-state index in [-0.39, 0.29) is 17.4 Å². The lowest BCUT2D eigenvalue weighted by atomic mass is 10.2. The Bertz CT molecular complexity index is 1220. The number of halogens is 1. The zero-order chi connectivity index (χ0) is 21.1. The molecule has 0 bridgehead atoms. The van der Waals surface area contributed by atoms with Gasteiger partial charge in [-0.05, 0) is 23.8 Å². The summed E-state index contributed by atoms with van der Waals surface area (Å²) >= 11 is 3.48. The number of hydrogen-bond acceptors (Lipinski definition) is 7. The Hall–Kier alpha value is -3.59. The normalized spacial score (nSPS) is 10.7. The van der Waals surface area contributed by atoms with E-state index in [4.69, 9.17) is 4.74 Å². The van der Waals surface area contributed by atoms with Crippen LogP contribution in [-0.2, 0) is 6.54 Å². The van der Waals surface area contributed by atoms with Crippen molar-refractivity contribution in [2.75, 3.05) is 11.9 Å². The summed E-state index contributed by atoms with van der Waals surface area (Å²) in [5.74, 6) is 0.398. The molecule has 2 aromatic heterocycles. The van der Waals surface area contributed by atoms with E-state index < -0.39 is 4.92 Å². The van der Waals surface area contributed by atoms with Gasteiger partial charge in [0.05, 0.1) is 4.92 Å². The predicted molar refractivity (Wildman–Crippen MR) is 117 cm³/mol. The maximum atomic E-state index is 11.9. The summed E-state index contributed by atoms with van der Waals surface area (Å²) in [6.45, 7) is 0.445. The van der Waals surface area contributed by atoms with Crippen LogP contribution in [0.15, 0.2) is 71.6 Å². The molecular weight excluding hydrogens is 450 g/mol. The van der Waals surface area contributed by atoms with Gasteiger partial charge < -0.3 is 9.64 Å². The van der Waals surface area contributed by atoms with E-state index in [1.165, 1.54) is 6.33 Å². The SMILES string of the molecule is CN(Cc1ccccc1)c1ncnc(Oc2ccc(Br)c3cccnc23)c1[N+](=O)[O-]. The highest BCUT2D eigenvalue weighted by atomic mass is 79.9. The lowest BCUT2D eigenvalue weighted by Crippen LogP contribution is -2.19. The van der Waals surface area contributed by atoms with Crippen molar-refractivity contribution in [3.8, 4) is 11.6 Å². The first-order chi connectivity index (χ1) is 14.5. The van der Waals surface area contributed by atoms with Crippen molar-refractivity contribution in [1.82, 2.24) is 15.0 Å². The Morgan fingerprint density at radius 3 is 2.63 bits per heavy atom. The average Bonchev–Trinajstić information content (AvgIpc) is 2.76. The van der Waals surface area contributed by atoms with Crippen molar-refractivity contribution in [2.45, 2.75) is 6.54 Å². The van der Waals surface area contributed by atoms with Crippen LogP contribution in [0.4, 0.5) is 11.5 Å². The van der Waals surface area contributed by atoms with Crippen molar-refractivity contribution < 1.29 is 9.66 Å². The van der Waals surface area contributed by atoms with Gasteiger partial charge in [-0.2, -0.15) is 4.98 Å². The molecular formula is C21H16BrN5O3. The molecule has 0 radical (unpaired) electrons. The van der Waals surface area contributed by atoms with Crippen molar-refractivity contribution >= 4 is 38.3 Å². The monoisotopic (exact) mass is 465 g/mol. The summed E-state index contributed by atoms with van der Waals surface area (Å²) in [6.07, 6.45) is 2.89. The van der Waals surface area contributed by atoms with Gasteiger partial charge in [0.1, 0.15) is 11.8 Å². The maximum Gasteiger partial charge on any atom is 0.373 e.